The number of hydrogen-bond acceptors (Lipinski definition) is 13. The summed E-state index contributed by atoms with van der Waals surface area (Å²) in [4.78, 5) is 45.9. The fourth-order valence-corrected chi connectivity index (χ4v) is 10.6. The van der Waals surface area contributed by atoms with E-state index in [9.17, 15) is 9.59 Å². The molecule has 2 aromatic carbocycles. The number of amides is 1. The van der Waals surface area contributed by atoms with Crippen LogP contribution in [0.2, 0.25) is 5.15 Å². The van der Waals surface area contributed by atoms with Crippen molar-refractivity contribution in [1.82, 2.24) is 29.8 Å². The molecule has 18 heteroatoms. The summed E-state index contributed by atoms with van der Waals surface area (Å²) < 4.78 is 62.3. The molecule has 0 saturated carbocycles. The Labute approximate surface area is 365 Å². The van der Waals surface area contributed by atoms with E-state index < -0.39 is 31.5 Å². The molecule has 62 heavy (non-hydrogen) atoms. The SMILES string of the molecule is C#Cc1c(F)ccc2cc(OP(COC)NCC(=O)OC(C)C)cc(-c3nc(Cl)c4c(N5CC6CC(C5)N6C(=O)OC(C)(C)C)nc(OCC56CCCN5CCC6)nc4c3F)c12. The van der Waals surface area contributed by atoms with Crippen molar-refractivity contribution in [2.24, 2.45) is 0 Å². The fraction of sp³-hybridized carbons (Fsp3) is 0.523. The molecule has 1 N–H and O–H groups in total. The molecule has 2 aromatic heterocycles. The Morgan fingerprint density at radius 2 is 1.81 bits per heavy atom. The number of ether oxygens (including phenoxy) is 4. The van der Waals surface area contributed by atoms with Crippen LogP contribution in [0.4, 0.5) is 19.4 Å². The van der Waals surface area contributed by atoms with Gasteiger partial charge < -0.3 is 28.4 Å². The minimum Gasteiger partial charge on any atom is -0.462 e. The number of halogens is 3. The van der Waals surface area contributed by atoms with E-state index in [1.54, 1.807) is 24.8 Å². The molecule has 7 heterocycles. The molecule has 2 bridgehead atoms. The quantitative estimate of drug-likeness (QED) is 0.0605. The second-order valence-corrected chi connectivity index (χ2v) is 19.4. The van der Waals surface area contributed by atoms with E-state index in [1.165, 1.54) is 25.3 Å². The summed E-state index contributed by atoms with van der Waals surface area (Å²) in [5, 5.41) is 3.73. The molecule has 4 aromatic rings. The lowest BCUT2D eigenvalue weighted by atomic mass is 9.88. The van der Waals surface area contributed by atoms with Crippen molar-refractivity contribution in [2.75, 3.05) is 57.7 Å². The van der Waals surface area contributed by atoms with Gasteiger partial charge in [0.05, 0.1) is 34.7 Å². The molecule has 0 aliphatic carbocycles. The first-order chi connectivity index (χ1) is 29.6. The molecule has 3 unspecified atom stereocenters. The molecule has 5 aliphatic rings. The number of piperidine rings is 1. The molecule has 5 aliphatic heterocycles. The number of benzene rings is 2. The number of esters is 1. The number of carbonyl (C=O) groups is 2. The molecule has 14 nitrogen and oxygen atoms in total. The van der Waals surface area contributed by atoms with E-state index in [0.29, 0.717) is 30.9 Å². The van der Waals surface area contributed by atoms with Crippen LogP contribution in [0.25, 0.3) is 32.9 Å². The van der Waals surface area contributed by atoms with Gasteiger partial charge in [-0.05, 0) is 103 Å². The average molecular weight is 894 g/mol. The number of carbonyl (C=O) groups excluding carboxylic acids is 2. The highest BCUT2D eigenvalue weighted by Gasteiger charge is 2.50. The highest BCUT2D eigenvalue weighted by Crippen LogP contribution is 2.45. The number of pyridine rings is 1. The van der Waals surface area contributed by atoms with Gasteiger partial charge in [-0.15, -0.1) is 6.42 Å². The first-order valence-corrected chi connectivity index (χ1v) is 22.7. The van der Waals surface area contributed by atoms with Crippen molar-refractivity contribution < 1.29 is 41.8 Å². The summed E-state index contributed by atoms with van der Waals surface area (Å²) in [6, 6.07) is 5.50. The van der Waals surface area contributed by atoms with Gasteiger partial charge in [0.2, 0.25) is 0 Å². The normalized spacial score (nSPS) is 20.0. The number of fused-ring (bicyclic) bond motifs is 5. The first kappa shape index (κ1) is 44.0. The topological polar surface area (TPSA) is 141 Å². The predicted octanol–water partition coefficient (Wildman–Crippen LogP) is 7.80. The van der Waals surface area contributed by atoms with Gasteiger partial charge in [-0.2, -0.15) is 9.97 Å². The second-order valence-electron chi connectivity index (χ2n) is 17.6. The Morgan fingerprint density at radius 1 is 1.08 bits per heavy atom. The summed E-state index contributed by atoms with van der Waals surface area (Å²) in [6.45, 7) is 11.9. The van der Waals surface area contributed by atoms with Gasteiger partial charge in [0.1, 0.15) is 58.8 Å². The number of nitrogens with zero attached hydrogens (tertiary/aromatic N) is 6. The van der Waals surface area contributed by atoms with Crippen LogP contribution in [-0.2, 0) is 19.0 Å². The van der Waals surface area contributed by atoms with Crippen molar-refractivity contribution in [1.29, 1.82) is 0 Å². The zero-order chi connectivity index (χ0) is 44.1. The Hall–Kier alpha value is -4.65. The monoisotopic (exact) mass is 893 g/mol. The Kier molecular flexibility index (Phi) is 12.4. The van der Waals surface area contributed by atoms with Crippen LogP contribution in [0.15, 0.2) is 24.3 Å². The van der Waals surface area contributed by atoms with Gasteiger partial charge in [0.25, 0.3) is 0 Å². The van der Waals surface area contributed by atoms with Crippen LogP contribution in [0.3, 0.4) is 0 Å². The zero-order valence-corrected chi connectivity index (χ0v) is 37.4. The lowest BCUT2D eigenvalue weighted by Gasteiger charge is -2.56. The molecule has 0 radical (unpaired) electrons. The number of anilines is 1. The van der Waals surface area contributed by atoms with Gasteiger partial charge in [0, 0.05) is 31.1 Å². The molecule has 9 rings (SSSR count). The van der Waals surface area contributed by atoms with Crippen LogP contribution in [-0.4, -0.2) is 119 Å². The smallest absolute Gasteiger partial charge is 0.410 e. The van der Waals surface area contributed by atoms with Gasteiger partial charge in [-0.3, -0.25) is 19.7 Å². The van der Waals surface area contributed by atoms with Gasteiger partial charge in [0.15, 0.2) is 14.1 Å². The number of aromatic nitrogens is 3. The van der Waals surface area contributed by atoms with Crippen molar-refractivity contribution in [3.05, 3.63) is 46.6 Å². The van der Waals surface area contributed by atoms with Crippen LogP contribution < -0.4 is 19.2 Å². The standard InChI is InChI=1S/C44H51ClF2N7O7P/c1-8-30-32(46)12-11-26-17-29(61-62(24-57-7)48-20-33(55)59-25(2)3)19-31(34(26)30)37-36(47)38-35(39(45)49-37)40(51-41(50-38)58-23-44-13-9-15-53(44)16-10-14-44)52-21-27-18-28(22-52)54(27)42(56)60-43(4,5)6/h1,11-12,17,19,25,27-28,48H,9-10,13-16,18,20-24H2,2-7H3. The summed E-state index contributed by atoms with van der Waals surface area (Å²) >= 11 is 7.11. The molecule has 1 amide bonds. The van der Waals surface area contributed by atoms with Crippen molar-refractivity contribution in [2.45, 2.75) is 96.1 Å². The first-order valence-electron chi connectivity index (χ1n) is 20.9. The van der Waals surface area contributed by atoms with E-state index >= 15 is 8.78 Å². The summed E-state index contributed by atoms with van der Waals surface area (Å²) in [5.74, 6) is 0.956. The Bertz CT molecular complexity index is 2430. The third kappa shape index (κ3) is 8.67. The largest absolute Gasteiger partial charge is 0.462 e. The van der Waals surface area contributed by atoms with E-state index in [4.69, 9.17) is 46.5 Å². The molecule has 0 spiro atoms. The van der Waals surface area contributed by atoms with E-state index in [0.717, 1.165) is 45.2 Å². The van der Waals surface area contributed by atoms with Crippen LogP contribution >= 0.6 is 19.9 Å². The number of piperazine rings is 1. The van der Waals surface area contributed by atoms with Crippen molar-refractivity contribution in [3.8, 4) is 35.4 Å². The highest BCUT2D eigenvalue weighted by molar-refractivity contribution is 7.50. The molecule has 5 fully saturated rings. The van der Waals surface area contributed by atoms with Gasteiger partial charge >= 0.3 is 18.1 Å². The number of terminal acetylenes is 1. The fourth-order valence-electron chi connectivity index (χ4n) is 9.22. The zero-order valence-electron chi connectivity index (χ0n) is 35.7. The van der Waals surface area contributed by atoms with E-state index in [1.807, 2.05) is 25.7 Å². The summed E-state index contributed by atoms with van der Waals surface area (Å²) in [7, 11) is -0.149. The van der Waals surface area contributed by atoms with E-state index in [2.05, 4.69) is 25.9 Å². The molecule has 3 atom stereocenters. The maximum atomic E-state index is 17.7. The van der Waals surface area contributed by atoms with Gasteiger partial charge in [-0.25, -0.2) is 18.6 Å². The summed E-state index contributed by atoms with van der Waals surface area (Å²) in [6.07, 6.45) is 10.1. The van der Waals surface area contributed by atoms with Gasteiger partial charge in [-0.1, -0.05) is 23.6 Å². The Morgan fingerprint density at radius 3 is 2.47 bits per heavy atom. The van der Waals surface area contributed by atoms with Crippen LogP contribution in [0.5, 0.6) is 11.8 Å². The molecular formula is C44H51ClF2N7O7P. The van der Waals surface area contributed by atoms with Crippen LogP contribution in [0.1, 0.15) is 72.3 Å². The second kappa shape index (κ2) is 17.5. The lowest BCUT2D eigenvalue weighted by Crippen LogP contribution is -2.70. The third-order valence-electron chi connectivity index (χ3n) is 11.7. The van der Waals surface area contributed by atoms with Crippen LogP contribution in [0, 0.1) is 24.0 Å². The number of nitrogens with one attached hydrogen (secondary N) is 1. The maximum Gasteiger partial charge on any atom is 0.410 e. The third-order valence-corrected chi connectivity index (χ3v) is 13.5. The highest BCUT2D eigenvalue weighted by atomic mass is 35.5. The number of rotatable bonds is 13. The lowest BCUT2D eigenvalue weighted by molar-refractivity contribution is -0.145. The number of methoxy groups -OCH3 is 1. The number of hydrogen-bond donors (Lipinski definition) is 1. The predicted molar refractivity (Wildman–Crippen MR) is 233 cm³/mol. The molecular weight excluding hydrogens is 843 g/mol. The van der Waals surface area contributed by atoms with E-state index in [-0.39, 0.29) is 92.7 Å². The average Bonchev–Trinajstić information content (AvgIpc) is 3.80. The maximum absolute atomic E-state index is 17.7. The molecule has 330 valence electrons. The van der Waals surface area contributed by atoms with Crippen molar-refractivity contribution >= 4 is 59.5 Å². The molecule has 5 saturated heterocycles. The Balaban J connectivity index is 1.22. The minimum atomic E-state index is -1.64. The van der Waals surface area contributed by atoms with Crippen molar-refractivity contribution in [3.63, 3.8) is 0 Å². The summed E-state index contributed by atoms with van der Waals surface area (Å²) in [5.41, 5.74) is -1.23. The minimum absolute atomic E-state index is 0.0273.